The molecule has 1 aromatic rings. The summed E-state index contributed by atoms with van der Waals surface area (Å²) in [5.74, 6) is 0. The predicted molar refractivity (Wildman–Crippen MR) is 82.4 cm³/mol. The highest BCUT2D eigenvalue weighted by atomic mass is 16.5. The standard InChI is InChI=1S/C15H26N2O3/c1-4-7-17(8-5-2)9-11-20-10-6-16-13-12(3)14(18)15(13)19/h16H,4-11H2,1-3H3. The zero-order chi connectivity index (χ0) is 15.0. The topological polar surface area (TPSA) is 58.6 Å². The maximum absolute atomic E-state index is 11.2. The van der Waals surface area contributed by atoms with Crippen LogP contribution in [0.5, 0.6) is 0 Å². The number of hydrogen-bond acceptors (Lipinski definition) is 5. The van der Waals surface area contributed by atoms with Crippen LogP contribution in [0.2, 0.25) is 0 Å². The van der Waals surface area contributed by atoms with E-state index >= 15 is 0 Å². The first kappa shape index (κ1) is 16.9. The summed E-state index contributed by atoms with van der Waals surface area (Å²) < 4.78 is 5.55. The Hall–Kier alpha value is -1.20. The molecule has 20 heavy (non-hydrogen) atoms. The van der Waals surface area contributed by atoms with Gasteiger partial charge in [-0.2, -0.15) is 0 Å². The number of hydrogen-bond donors (Lipinski definition) is 1. The summed E-state index contributed by atoms with van der Waals surface area (Å²) in [6.45, 7) is 11.0. The molecule has 1 N–H and O–H groups in total. The highest BCUT2D eigenvalue weighted by molar-refractivity contribution is 5.55. The lowest BCUT2D eigenvalue weighted by molar-refractivity contribution is 0.111. The molecule has 0 spiro atoms. The van der Waals surface area contributed by atoms with Crippen LogP contribution < -0.4 is 16.2 Å². The van der Waals surface area contributed by atoms with E-state index in [1.54, 1.807) is 6.92 Å². The van der Waals surface area contributed by atoms with Crippen molar-refractivity contribution in [3.63, 3.8) is 0 Å². The summed E-state index contributed by atoms with van der Waals surface area (Å²) in [5.41, 5.74) is 0.215. The first-order valence-corrected chi connectivity index (χ1v) is 7.45. The zero-order valence-corrected chi connectivity index (χ0v) is 12.8. The van der Waals surface area contributed by atoms with Crippen molar-refractivity contribution in [2.75, 3.05) is 44.7 Å². The van der Waals surface area contributed by atoms with Crippen molar-refractivity contribution in [2.45, 2.75) is 33.6 Å². The van der Waals surface area contributed by atoms with Crippen LogP contribution in [-0.2, 0) is 4.74 Å². The highest BCUT2D eigenvalue weighted by Gasteiger charge is 2.15. The molecule has 0 aliphatic carbocycles. The van der Waals surface area contributed by atoms with E-state index in [-0.39, 0.29) is 5.43 Å². The second-order valence-corrected chi connectivity index (χ2v) is 5.04. The van der Waals surface area contributed by atoms with Gasteiger partial charge in [-0.05, 0) is 32.9 Å². The van der Waals surface area contributed by atoms with Crippen LogP contribution in [0.25, 0.3) is 0 Å². The number of ether oxygens (including phenoxy) is 1. The number of rotatable bonds is 11. The molecule has 0 aliphatic heterocycles. The molecule has 0 bridgehead atoms. The van der Waals surface area contributed by atoms with Crippen molar-refractivity contribution in [1.82, 2.24) is 4.90 Å². The van der Waals surface area contributed by atoms with E-state index < -0.39 is 5.43 Å². The molecule has 0 fully saturated rings. The molecule has 0 amide bonds. The Balaban J connectivity index is 2.10. The molecule has 0 atom stereocenters. The van der Waals surface area contributed by atoms with Crippen LogP contribution in [-0.4, -0.2) is 44.3 Å². The Morgan fingerprint density at radius 3 is 2.20 bits per heavy atom. The smallest absolute Gasteiger partial charge is 0.249 e. The van der Waals surface area contributed by atoms with Gasteiger partial charge in [-0.1, -0.05) is 13.8 Å². The predicted octanol–water partition coefficient (Wildman–Crippen LogP) is 1.14. The van der Waals surface area contributed by atoms with Crippen molar-refractivity contribution in [3.05, 3.63) is 26.0 Å². The molecule has 0 saturated heterocycles. The van der Waals surface area contributed by atoms with E-state index in [9.17, 15) is 9.59 Å². The van der Waals surface area contributed by atoms with Crippen molar-refractivity contribution in [2.24, 2.45) is 0 Å². The third-order valence-corrected chi connectivity index (χ3v) is 3.33. The van der Waals surface area contributed by atoms with Gasteiger partial charge in [-0.15, -0.1) is 0 Å². The molecule has 0 aromatic heterocycles. The second kappa shape index (κ2) is 8.87. The van der Waals surface area contributed by atoms with Gasteiger partial charge in [-0.3, -0.25) is 9.59 Å². The molecule has 5 heteroatoms. The monoisotopic (exact) mass is 282 g/mol. The summed E-state index contributed by atoms with van der Waals surface area (Å²) in [6.07, 6.45) is 2.32. The number of nitrogens with one attached hydrogen (secondary N) is 1. The quantitative estimate of drug-likeness (QED) is 0.487. The Morgan fingerprint density at radius 1 is 1.00 bits per heavy atom. The molecule has 0 radical (unpaired) electrons. The Kier molecular flexibility index (Phi) is 7.47. The average molecular weight is 282 g/mol. The van der Waals surface area contributed by atoms with Crippen LogP contribution in [0.1, 0.15) is 32.3 Å². The van der Waals surface area contributed by atoms with Crippen molar-refractivity contribution in [3.8, 4) is 0 Å². The number of nitrogens with zero attached hydrogens (tertiary/aromatic N) is 1. The molecule has 0 unspecified atom stereocenters. The molecule has 1 rings (SSSR count). The summed E-state index contributed by atoms with van der Waals surface area (Å²) in [7, 11) is 0. The Morgan fingerprint density at radius 2 is 1.65 bits per heavy atom. The van der Waals surface area contributed by atoms with Gasteiger partial charge in [0.1, 0.15) is 0 Å². The van der Waals surface area contributed by atoms with Gasteiger partial charge in [0, 0.05) is 18.7 Å². The van der Waals surface area contributed by atoms with Gasteiger partial charge in [-0.25, -0.2) is 0 Å². The van der Waals surface area contributed by atoms with Gasteiger partial charge in [0.05, 0.1) is 18.9 Å². The van der Waals surface area contributed by atoms with Gasteiger partial charge in [0.2, 0.25) is 10.9 Å². The molecular weight excluding hydrogens is 256 g/mol. The zero-order valence-electron chi connectivity index (χ0n) is 12.8. The first-order chi connectivity index (χ1) is 9.61. The van der Waals surface area contributed by atoms with Crippen LogP contribution in [0.4, 0.5) is 5.69 Å². The molecule has 1 aromatic carbocycles. The first-order valence-electron chi connectivity index (χ1n) is 7.45. The molecule has 0 aliphatic rings. The fourth-order valence-corrected chi connectivity index (χ4v) is 2.23. The third kappa shape index (κ3) is 4.72. The Labute approximate surface area is 120 Å². The fraction of sp³-hybridized carbons (Fsp3) is 0.733. The molecular formula is C15H26N2O3. The van der Waals surface area contributed by atoms with Gasteiger partial charge >= 0.3 is 0 Å². The normalized spacial score (nSPS) is 11.4. The molecule has 0 heterocycles. The summed E-state index contributed by atoms with van der Waals surface area (Å²) >= 11 is 0. The van der Waals surface area contributed by atoms with Crippen molar-refractivity contribution >= 4 is 5.69 Å². The van der Waals surface area contributed by atoms with Crippen molar-refractivity contribution in [1.29, 1.82) is 0 Å². The van der Waals surface area contributed by atoms with E-state index in [1.165, 1.54) is 0 Å². The lowest BCUT2D eigenvalue weighted by Crippen LogP contribution is -2.37. The maximum atomic E-state index is 11.2. The van der Waals surface area contributed by atoms with Crippen LogP contribution in [0, 0.1) is 6.92 Å². The van der Waals surface area contributed by atoms with E-state index in [2.05, 4.69) is 24.1 Å². The molecule has 5 nitrogen and oxygen atoms in total. The average Bonchev–Trinajstić information content (AvgIpc) is 2.45. The largest absolute Gasteiger partial charge is 0.379 e. The molecule has 0 saturated carbocycles. The van der Waals surface area contributed by atoms with E-state index in [1.807, 2.05) is 0 Å². The second-order valence-electron chi connectivity index (χ2n) is 5.04. The fourth-order valence-electron chi connectivity index (χ4n) is 2.23. The van der Waals surface area contributed by atoms with Gasteiger partial charge in [0.15, 0.2) is 0 Å². The summed E-state index contributed by atoms with van der Waals surface area (Å²) in [6, 6.07) is 0. The molecule has 114 valence electrons. The highest BCUT2D eigenvalue weighted by Crippen LogP contribution is 2.04. The van der Waals surface area contributed by atoms with Crippen LogP contribution in [0.15, 0.2) is 9.59 Å². The lowest BCUT2D eigenvalue weighted by Gasteiger charge is -2.20. The Bertz CT molecular complexity index is 458. The van der Waals surface area contributed by atoms with Gasteiger partial charge in [0.25, 0.3) is 0 Å². The number of anilines is 1. The minimum atomic E-state index is -0.403. The van der Waals surface area contributed by atoms with E-state index in [0.717, 1.165) is 32.5 Å². The van der Waals surface area contributed by atoms with Gasteiger partial charge < -0.3 is 15.0 Å². The summed E-state index contributed by atoms with van der Waals surface area (Å²) in [4.78, 5) is 24.6. The van der Waals surface area contributed by atoms with E-state index in [4.69, 9.17) is 4.74 Å². The van der Waals surface area contributed by atoms with Crippen molar-refractivity contribution < 1.29 is 4.74 Å². The van der Waals surface area contributed by atoms with Crippen LogP contribution in [0.3, 0.4) is 0 Å². The van der Waals surface area contributed by atoms with Crippen LogP contribution >= 0.6 is 0 Å². The SMILES string of the molecule is CCCN(CCC)CCOCCNc1c(C)c(=O)c1=O. The summed E-state index contributed by atoms with van der Waals surface area (Å²) in [5, 5.41) is 2.96. The lowest BCUT2D eigenvalue weighted by atomic mass is 10.1. The third-order valence-electron chi connectivity index (χ3n) is 3.33. The van der Waals surface area contributed by atoms with E-state index in [0.29, 0.717) is 31.0 Å². The maximum Gasteiger partial charge on any atom is 0.249 e. The minimum Gasteiger partial charge on any atom is -0.379 e. The minimum absolute atomic E-state index is 0.372.